The van der Waals surface area contributed by atoms with E-state index in [-0.39, 0.29) is 23.8 Å². The Hall–Kier alpha value is -1.42. The van der Waals surface area contributed by atoms with Crippen molar-refractivity contribution in [1.82, 2.24) is 4.90 Å². The number of benzene rings is 1. The van der Waals surface area contributed by atoms with Crippen LogP contribution < -0.4 is 5.73 Å². The maximum Gasteiger partial charge on any atom is 0.225 e. The molecule has 1 aliphatic heterocycles. The van der Waals surface area contributed by atoms with E-state index in [0.717, 1.165) is 18.4 Å². The summed E-state index contributed by atoms with van der Waals surface area (Å²) in [5, 5.41) is 0. The van der Waals surface area contributed by atoms with Crippen molar-refractivity contribution in [2.75, 3.05) is 0 Å². The zero-order chi connectivity index (χ0) is 12.0. The first-order chi connectivity index (χ1) is 8.16. The molecule has 2 N–H and O–H groups in total. The van der Waals surface area contributed by atoms with Crippen molar-refractivity contribution in [3.63, 3.8) is 0 Å². The average molecular weight is 234 g/mol. The summed E-state index contributed by atoms with van der Waals surface area (Å²) in [5.41, 5.74) is 6.84. The maximum absolute atomic E-state index is 13.2. The zero-order valence-electron chi connectivity index (χ0n) is 9.47. The molecule has 0 bridgehead atoms. The number of hydrogen-bond donors (Lipinski definition) is 1. The van der Waals surface area contributed by atoms with Gasteiger partial charge in [0.05, 0.1) is 6.04 Å². The summed E-state index contributed by atoms with van der Waals surface area (Å²) in [6.07, 6.45) is 2.46. The number of hydrogen-bond acceptors (Lipinski definition) is 2. The lowest BCUT2D eigenvalue weighted by Gasteiger charge is -2.27. The summed E-state index contributed by atoms with van der Waals surface area (Å²) in [4.78, 5) is 13.7. The van der Waals surface area contributed by atoms with Gasteiger partial charge in [-0.2, -0.15) is 0 Å². The van der Waals surface area contributed by atoms with Gasteiger partial charge in [-0.25, -0.2) is 4.39 Å². The first-order valence-corrected chi connectivity index (χ1v) is 5.99. The minimum atomic E-state index is -0.273. The van der Waals surface area contributed by atoms with Crippen LogP contribution in [0.15, 0.2) is 24.3 Å². The van der Waals surface area contributed by atoms with Crippen molar-refractivity contribution < 1.29 is 9.18 Å². The fourth-order valence-corrected chi connectivity index (χ4v) is 2.66. The fraction of sp³-hybridized carbons (Fsp3) is 0.462. The lowest BCUT2D eigenvalue weighted by atomic mass is 10.0. The molecular weight excluding hydrogens is 219 g/mol. The Morgan fingerprint density at radius 1 is 1.35 bits per heavy atom. The molecule has 4 heteroatoms. The van der Waals surface area contributed by atoms with Gasteiger partial charge in [0.25, 0.3) is 0 Å². The smallest absolute Gasteiger partial charge is 0.225 e. The number of carbonyl (C=O) groups excluding carboxylic acids is 1. The van der Waals surface area contributed by atoms with Gasteiger partial charge in [-0.05, 0) is 30.5 Å². The quantitative estimate of drug-likeness (QED) is 0.844. The lowest BCUT2D eigenvalue weighted by Crippen LogP contribution is -2.34. The van der Waals surface area contributed by atoms with E-state index >= 15 is 0 Å². The summed E-state index contributed by atoms with van der Waals surface area (Å²) in [5.74, 6) is -0.168. The van der Waals surface area contributed by atoms with E-state index in [1.165, 1.54) is 12.1 Å². The standard InChI is InChI=1S/C13H15FN2O/c14-9-3-1-2-8(6-9)13-11(15)7-12(17)16(13)10-4-5-10/h1-3,6,10-11,13H,4-5,7,15H2. The van der Waals surface area contributed by atoms with Crippen LogP contribution in [0.2, 0.25) is 0 Å². The molecule has 17 heavy (non-hydrogen) atoms. The topological polar surface area (TPSA) is 46.3 Å². The van der Waals surface area contributed by atoms with Gasteiger partial charge >= 0.3 is 0 Å². The van der Waals surface area contributed by atoms with Crippen LogP contribution in [0.3, 0.4) is 0 Å². The third kappa shape index (κ3) is 1.82. The van der Waals surface area contributed by atoms with Gasteiger partial charge in [0.2, 0.25) is 5.91 Å². The van der Waals surface area contributed by atoms with E-state index < -0.39 is 0 Å². The van der Waals surface area contributed by atoms with E-state index in [4.69, 9.17) is 5.73 Å². The largest absolute Gasteiger partial charge is 0.331 e. The molecule has 1 saturated heterocycles. The molecule has 2 fully saturated rings. The van der Waals surface area contributed by atoms with E-state index in [1.807, 2.05) is 11.0 Å². The van der Waals surface area contributed by atoms with Crippen LogP contribution in [-0.4, -0.2) is 22.9 Å². The first kappa shape index (κ1) is 10.7. The summed E-state index contributed by atoms with van der Waals surface area (Å²) in [6.45, 7) is 0. The number of nitrogens with two attached hydrogens (primary N) is 1. The van der Waals surface area contributed by atoms with Crippen molar-refractivity contribution in [2.24, 2.45) is 5.73 Å². The Morgan fingerprint density at radius 3 is 2.76 bits per heavy atom. The van der Waals surface area contributed by atoms with Crippen LogP contribution in [0.1, 0.15) is 30.9 Å². The molecule has 0 aromatic heterocycles. The Balaban J connectivity index is 1.96. The lowest BCUT2D eigenvalue weighted by molar-refractivity contribution is -0.129. The number of nitrogens with zero attached hydrogens (tertiary/aromatic N) is 1. The van der Waals surface area contributed by atoms with Crippen molar-refractivity contribution >= 4 is 5.91 Å². The fourth-order valence-electron chi connectivity index (χ4n) is 2.66. The number of halogens is 1. The van der Waals surface area contributed by atoms with Gasteiger partial charge in [0.1, 0.15) is 5.82 Å². The molecule has 1 aromatic rings. The second-order valence-electron chi connectivity index (χ2n) is 4.90. The summed E-state index contributed by atoms with van der Waals surface area (Å²) < 4.78 is 13.2. The van der Waals surface area contributed by atoms with Crippen molar-refractivity contribution in [3.8, 4) is 0 Å². The van der Waals surface area contributed by atoms with Gasteiger partial charge < -0.3 is 10.6 Å². The van der Waals surface area contributed by atoms with Crippen molar-refractivity contribution in [2.45, 2.75) is 37.4 Å². The minimum absolute atomic E-state index is 0.106. The third-order valence-corrected chi connectivity index (χ3v) is 3.53. The number of likely N-dealkylation sites (tertiary alicyclic amines) is 1. The average Bonchev–Trinajstić information content (AvgIpc) is 3.04. The number of rotatable bonds is 2. The molecule has 1 saturated carbocycles. The van der Waals surface area contributed by atoms with Crippen LogP contribution in [0.5, 0.6) is 0 Å². The predicted octanol–water partition coefficient (Wildman–Crippen LogP) is 1.59. The molecule has 1 heterocycles. The molecule has 1 amide bonds. The number of carbonyl (C=O) groups is 1. The van der Waals surface area contributed by atoms with E-state index in [9.17, 15) is 9.18 Å². The molecule has 3 rings (SSSR count). The molecule has 2 unspecified atom stereocenters. The molecule has 1 aliphatic carbocycles. The summed E-state index contributed by atoms with van der Waals surface area (Å²) >= 11 is 0. The van der Waals surface area contributed by atoms with Gasteiger partial charge in [0.15, 0.2) is 0 Å². The van der Waals surface area contributed by atoms with Gasteiger partial charge in [-0.15, -0.1) is 0 Å². The van der Waals surface area contributed by atoms with Crippen LogP contribution >= 0.6 is 0 Å². The molecule has 1 aromatic carbocycles. The Bertz CT molecular complexity index is 458. The Labute approximate surface area is 99.4 Å². The zero-order valence-corrected chi connectivity index (χ0v) is 9.47. The SMILES string of the molecule is NC1CC(=O)N(C2CC2)C1c1cccc(F)c1. The molecule has 90 valence electrons. The summed E-state index contributed by atoms with van der Waals surface area (Å²) in [6, 6.07) is 6.37. The molecule has 0 radical (unpaired) electrons. The highest BCUT2D eigenvalue weighted by atomic mass is 19.1. The maximum atomic E-state index is 13.2. The molecule has 2 aliphatic rings. The van der Waals surface area contributed by atoms with E-state index in [1.54, 1.807) is 6.07 Å². The third-order valence-electron chi connectivity index (χ3n) is 3.53. The minimum Gasteiger partial charge on any atom is -0.331 e. The second-order valence-corrected chi connectivity index (χ2v) is 4.90. The van der Waals surface area contributed by atoms with Crippen LogP contribution in [-0.2, 0) is 4.79 Å². The van der Waals surface area contributed by atoms with Gasteiger partial charge in [0, 0.05) is 18.5 Å². The monoisotopic (exact) mass is 234 g/mol. The second kappa shape index (κ2) is 3.81. The van der Waals surface area contributed by atoms with Crippen LogP contribution in [0, 0.1) is 5.82 Å². The van der Waals surface area contributed by atoms with Crippen LogP contribution in [0.25, 0.3) is 0 Å². The van der Waals surface area contributed by atoms with Gasteiger partial charge in [-0.3, -0.25) is 4.79 Å². The highest BCUT2D eigenvalue weighted by Crippen LogP contribution is 2.41. The molecule has 3 nitrogen and oxygen atoms in total. The molecule has 2 atom stereocenters. The highest BCUT2D eigenvalue weighted by Gasteiger charge is 2.45. The van der Waals surface area contributed by atoms with Crippen molar-refractivity contribution in [1.29, 1.82) is 0 Å². The predicted molar refractivity (Wildman–Crippen MR) is 61.6 cm³/mol. The normalized spacial score (nSPS) is 28.8. The highest BCUT2D eigenvalue weighted by molar-refractivity contribution is 5.81. The van der Waals surface area contributed by atoms with E-state index in [2.05, 4.69) is 0 Å². The van der Waals surface area contributed by atoms with E-state index in [0.29, 0.717) is 12.5 Å². The Morgan fingerprint density at radius 2 is 2.12 bits per heavy atom. The van der Waals surface area contributed by atoms with Crippen molar-refractivity contribution in [3.05, 3.63) is 35.6 Å². The van der Waals surface area contributed by atoms with Crippen LogP contribution in [0.4, 0.5) is 4.39 Å². The Kier molecular flexibility index (Phi) is 2.40. The van der Waals surface area contributed by atoms with Gasteiger partial charge in [-0.1, -0.05) is 12.1 Å². The number of amides is 1. The molecular formula is C13H15FN2O. The first-order valence-electron chi connectivity index (χ1n) is 5.99. The summed E-state index contributed by atoms with van der Waals surface area (Å²) in [7, 11) is 0. The molecule has 0 spiro atoms.